The van der Waals surface area contributed by atoms with Crippen molar-refractivity contribution in [2.45, 2.75) is 0 Å². The summed E-state index contributed by atoms with van der Waals surface area (Å²) < 4.78 is 9.28. The molecule has 580 valence electrons. The third-order valence-corrected chi connectivity index (χ3v) is 24.0. The highest BCUT2D eigenvalue weighted by Crippen LogP contribution is 2.42. The Morgan fingerprint density at radius 3 is 1.11 bits per heavy atom. The minimum atomic E-state index is 0.634. The quantitative estimate of drug-likeness (QED) is 0.108. The summed E-state index contributed by atoms with van der Waals surface area (Å²) in [4.78, 5) is 30.2. The summed E-state index contributed by atoms with van der Waals surface area (Å²) in [6.07, 6.45) is 6.30. The Labute approximate surface area is 714 Å². The maximum atomic E-state index is 5.25. The molecular formula is C114H74N10. The molecule has 7 heterocycles. The van der Waals surface area contributed by atoms with Crippen molar-refractivity contribution in [3.63, 3.8) is 0 Å². The normalized spacial score (nSPS) is 11.7. The summed E-state index contributed by atoms with van der Waals surface area (Å²) in [6, 6.07) is 152. The van der Waals surface area contributed by atoms with Crippen LogP contribution in [0.5, 0.6) is 0 Å². The first-order valence-electron chi connectivity index (χ1n) is 41.9. The average molecular weight is 1580 g/mol. The van der Waals surface area contributed by atoms with Crippen LogP contribution in [-0.4, -0.2) is 48.2 Å². The molecule has 0 bridgehead atoms. The lowest BCUT2D eigenvalue weighted by molar-refractivity contribution is 0.995. The summed E-state index contributed by atoms with van der Waals surface area (Å²) in [7, 11) is 0. The molecule has 17 aromatic carbocycles. The van der Waals surface area contributed by atoms with Crippen LogP contribution in [0.1, 0.15) is 5.56 Å². The van der Waals surface area contributed by atoms with Crippen molar-refractivity contribution in [3.05, 3.63) is 442 Å². The van der Waals surface area contributed by atoms with Crippen molar-refractivity contribution in [2.24, 2.45) is 0 Å². The van der Waals surface area contributed by atoms with Gasteiger partial charge in [0.25, 0.3) is 0 Å². The van der Waals surface area contributed by atoms with Crippen LogP contribution in [0.25, 0.3) is 229 Å². The fraction of sp³-hybridized carbons (Fsp3) is 0. The van der Waals surface area contributed by atoms with E-state index in [1.54, 1.807) is 0 Å². The first-order valence-corrected chi connectivity index (χ1v) is 41.9. The Kier molecular flexibility index (Phi) is 18.0. The fourth-order valence-corrected chi connectivity index (χ4v) is 18.0. The van der Waals surface area contributed by atoms with Crippen molar-refractivity contribution in [1.82, 2.24) is 48.2 Å². The maximum absolute atomic E-state index is 5.25. The van der Waals surface area contributed by atoms with Gasteiger partial charge in [-0.3, -0.25) is 9.55 Å². The summed E-state index contributed by atoms with van der Waals surface area (Å²) in [5.41, 5.74) is 31.9. The van der Waals surface area contributed by atoms with Gasteiger partial charge in [-0.2, -0.15) is 0 Å². The predicted octanol–water partition coefficient (Wildman–Crippen LogP) is 28.9. The zero-order valence-electron chi connectivity index (χ0n) is 67.2. The Morgan fingerprint density at radius 2 is 0.548 bits per heavy atom. The number of rotatable bonds is 14. The third-order valence-electron chi connectivity index (χ3n) is 24.0. The smallest absolute Gasteiger partial charge is 0.235 e. The number of fused-ring (bicyclic) bond motifs is 13. The molecule has 10 nitrogen and oxygen atoms in total. The van der Waals surface area contributed by atoms with Crippen LogP contribution in [-0.2, 0) is 0 Å². The second kappa shape index (κ2) is 30.8. The van der Waals surface area contributed by atoms with Gasteiger partial charge in [0, 0.05) is 94.0 Å². The highest BCUT2D eigenvalue weighted by molar-refractivity contribution is 6.14. The fourth-order valence-electron chi connectivity index (χ4n) is 18.0. The van der Waals surface area contributed by atoms with E-state index < -0.39 is 0 Å². The molecule has 124 heavy (non-hydrogen) atoms. The number of nitrogens with zero attached hydrogens (tertiary/aromatic N) is 10. The molecule has 0 aliphatic heterocycles. The Morgan fingerprint density at radius 1 is 0.194 bits per heavy atom. The van der Waals surface area contributed by atoms with Crippen LogP contribution in [0, 0.1) is 0 Å². The van der Waals surface area contributed by atoms with Crippen molar-refractivity contribution < 1.29 is 0 Å². The van der Waals surface area contributed by atoms with Gasteiger partial charge in [-0.1, -0.05) is 303 Å². The molecule has 24 aromatic rings. The zero-order chi connectivity index (χ0) is 82.0. The Hall–Kier alpha value is -16.8. The third kappa shape index (κ3) is 13.2. The lowest BCUT2D eigenvalue weighted by Gasteiger charge is -2.12. The van der Waals surface area contributed by atoms with Crippen LogP contribution in [0.4, 0.5) is 0 Å². The highest BCUT2D eigenvalue weighted by Gasteiger charge is 2.22. The molecule has 0 amide bonds. The van der Waals surface area contributed by atoms with Crippen molar-refractivity contribution in [2.75, 3.05) is 0 Å². The van der Waals surface area contributed by atoms with Crippen LogP contribution < -0.4 is 0 Å². The first kappa shape index (κ1) is 72.4. The van der Waals surface area contributed by atoms with E-state index in [0.717, 1.165) is 145 Å². The van der Waals surface area contributed by atoms with Crippen molar-refractivity contribution in [3.8, 4) is 118 Å². The minimum Gasteiger partial charge on any atom is -0.316 e. The number of benzene rings is 17. The van der Waals surface area contributed by atoms with E-state index in [4.69, 9.17) is 24.9 Å². The molecule has 0 N–H and O–H groups in total. The molecule has 24 rings (SSSR count). The summed E-state index contributed by atoms with van der Waals surface area (Å²) in [6.45, 7) is 0. The van der Waals surface area contributed by atoms with Crippen molar-refractivity contribution >= 4 is 111 Å². The second-order valence-electron chi connectivity index (χ2n) is 31.4. The highest BCUT2D eigenvalue weighted by atomic mass is 15.2. The number of hydrogen-bond acceptors (Lipinski definition) is 6. The molecule has 7 aromatic heterocycles. The Bertz CT molecular complexity index is 8160. The summed E-state index contributed by atoms with van der Waals surface area (Å²) in [5, 5.41) is 9.63. The van der Waals surface area contributed by atoms with Gasteiger partial charge in [0.2, 0.25) is 5.95 Å². The molecule has 10 heteroatoms. The van der Waals surface area contributed by atoms with E-state index in [1.165, 1.54) is 65.6 Å². The summed E-state index contributed by atoms with van der Waals surface area (Å²) >= 11 is 0. The van der Waals surface area contributed by atoms with Gasteiger partial charge >= 0.3 is 0 Å². The van der Waals surface area contributed by atoms with Gasteiger partial charge in [0.05, 0.1) is 89.8 Å². The number of aromatic nitrogens is 10. The van der Waals surface area contributed by atoms with E-state index in [0.29, 0.717) is 11.8 Å². The van der Waals surface area contributed by atoms with Crippen LogP contribution in [0.3, 0.4) is 0 Å². The van der Waals surface area contributed by atoms with Gasteiger partial charge in [-0.25, -0.2) is 24.9 Å². The molecule has 0 atom stereocenters. The van der Waals surface area contributed by atoms with Gasteiger partial charge in [-0.05, 0) is 172 Å². The standard InChI is InChI=1S/C68H44N6.C46H30N4/c1-5-18-46(19-6-1)59-43-60(47-20-7-2-8-21-47)70-67(69-59)50-34-32-45(33-35-50)52-36-38-65-57(41-52)55-28-13-15-30-63(55)73(65)54-27-17-26-51(40-54)53-37-39-66-58(42-53)56-29-14-16-31-64(56)74(66)68-71-61(48-22-9-3-10-23-48)44-62(72-68)49-24-11-4-12-25-49;1-2-13-35(14-3-1)50-45-20-9-5-16-37(45)38-27-31(21-23-46(38)50)25-26-49-43-19-8-4-15-36(43)39-29-33(22-24-44(39)49)32-11-10-12-34(28-32)42-30-47-40-17-6-7-18-41(40)48-42/h1-44H;1-30H/b;26-25-. The molecule has 0 unspecified atom stereocenters. The molecular weight excluding hydrogens is 1510 g/mol. The van der Waals surface area contributed by atoms with Crippen LogP contribution in [0.2, 0.25) is 0 Å². The van der Waals surface area contributed by atoms with Crippen LogP contribution in [0.15, 0.2) is 437 Å². The predicted molar refractivity (Wildman–Crippen MR) is 514 cm³/mol. The topological polar surface area (TPSA) is 97.1 Å². The number of hydrogen-bond donors (Lipinski definition) is 0. The molecule has 0 radical (unpaired) electrons. The first-order chi connectivity index (χ1) is 61.4. The Balaban J connectivity index is 0.000000154. The average Bonchev–Trinajstić information content (AvgIpc) is 1.59. The molecule has 0 spiro atoms. The minimum absolute atomic E-state index is 0.634. The lowest BCUT2D eigenvalue weighted by atomic mass is 10.00. The molecule has 0 aliphatic rings. The maximum Gasteiger partial charge on any atom is 0.235 e. The molecule has 0 saturated carbocycles. The molecule has 0 aliphatic carbocycles. The van der Waals surface area contributed by atoms with Gasteiger partial charge < -0.3 is 13.7 Å². The van der Waals surface area contributed by atoms with E-state index in [2.05, 4.69) is 393 Å². The van der Waals surface area contributed by atoms with Gasteiger partial charge in [0.1, 0.15) is 0 Å². The second-order valence-corrected chi connectivity index (χ2v) is 31.4. The van der Waals surface area contributed by atoms with Crippen LogP contribution >= 0.6 is 0 Å². The SMILES string of the molecule is C(=C/n1c2ccccc2c2cc(-c3cccc(-c4cnc5ccccc5n4)c3)ccc21)/c1ccc2c(c1)c1ccccc1n2-c1ccccc1.c1ccc(-c2cc(-c3ccccc3)nc(-c3ccc(-c4ccc5c(c4)c4ccccc4n5-c4cccc(-c5ccc6c(c5)c5ccccc5n6-c5nc(-c6ccccc6)cc(-c6ccccc6)n5)c4)cc3)n2)cc1. The van der Waals surface area contributed by atoms with E-state index >= 15 is 0 Å². The van der Waals surface area contributed by atoms with Crippen molar-refractivity contribution in [1.29, 1.82) is 0 Å². The molecule has 0 saturated heterocycles. The largest absolute Gasteiger partial charge is 0.316 e. The van der Waals surface area contributed by atoms with E-state index in [-0.39, 0.29) is 0 Å². The summed E-state index contributed by atoms with van der Waals surface area (Å²) in [5.74, 6) is 1.33. The van der Waals surface area contributed by atoms with Gasteiger partial charge in [0.15, 0.2) is 5.82 Å². The van der Waals surface area contributed by atoms with Gasteiger partial charge in [-0.15, -0.1) is 0 Å². The monoisotopic (exact) mass is 1580 g/mol. The molecule has 0 fully saturated rings. The van der Waals surface area contributed by atoms with E-state index in [9.17, 15) is 0 Å². The lowest BCUT2D eigenvalue weighted by Crippen LogP contribution is -2.04. The zero-order valence-corrected chi connectivity index (χ0v) is 67.2. The van der Waals surface area contributed by atoms with E-state index in [1.807, 2.05) is 79.0 Å². The number of para-hydroxylation sites is 7.